The normalized spacial score (nSPS) is 22.9. The summed E-state index contributed by atoms with van der Waals surface area (Å²) in [6.07, 6.45) is 7.21. The van der Waals surface area contributed by atoms with Gasteiger partial charge in [0.1, 0.15) is 12.1 Å². The van der Waals surface area contributed by atoms with Crippen LogP contribution in [0.4, 0.5) is 4.79 Å². The third-order valence-corrected chi connectivity index (χ3v) is 8.86. The van der Waals surface area contributed by atoms with Crippen molar-refractivity contribution in [3.8, 4) is 0 Å². The molecule has 2 aliphatic heterocycles. The second kappa shape index (κ2) is 16.4. The fourth-order valence-corrected chi connectivity index (χ4v) is 6.03. The van der Waals surface area contributed by atoms with Crippen molar-refractivity contribution < 1.29 is 43.4 Å². The van der Waals surface area contributed by atoms with E-state index in [2.05, 4.69) is 21.3 Å². The first-order valence-electron chi connectivity index (χ1n) is 16.5. The number of ether oxygens (including phenoxy) is 1. The summed E-state index contributed by atoms with van der Waals surface area (Å²) in [7, 11) is 0. The first-order chi connectivity index (χ1) is 22.9. The zero-order valence-electron chi connectivity index (χ0n) is 27.4. The van der Waals surface area contributed by atoms with Crippen LogP contribution >= 0.6 is 0 Å². The average molecular weight is 668 g/mol. The minimum absolute atomic E-state index is 0.110. The van der Waals surface area contributed by atoms with Gasteiger partial charge in [0.15, 0.2) is 6.04 Å². The van der Waals surface area contributed by atoms with Crippen molar-refractivity contribution in [2.45, 2.75) is 89.4 Å². The van der Waals surface area contributed by atoms with Gasteiger partial charge < -0.3 is 36.0 Å². The maximum absolute atomic E-state index is 13.7. The number of hydrogen-bond donors (Lipinski definition) is 5. The number of amides is 5. The highest BCUT2D eigenvalue weighted by Gasteiger charge is 2.47. The van der Waals surface area contributed by atoms with Crippen LogP contribution in [-0.2, 0) is 33.5 Å². The van der Waals surface area contributed by atoms with E-state index in [0.29, 0.717) is 37.7 Å². The first kappa shape index (κ1) is 36.1. The molecule has 2 heterocycles. The molecule has 14 nitrogen and oxygen atoms in total. The third-order valence-electron chi connectivity index (χ3n) is 8.86. The quantitative estimate of drug-likeness (QED) is 0.182. The molecule has 1 aromatic carbocycles. The summed E-state index contributed by atoms with van der Waals surface area (Å²) in [6, 6.07) is 3.64. The number of nitrogens with zero attached hydrogens (tertiary/aromatic N) is 1. The van der Waals surface area contributed by atoms with E-state index in [1.54, 1.807) is 18.2 Å². The smallest absolute Gasteiger partial charge is 0.407 e. The van der Waals surface area contributed by atoms with Crippen molar-refractivity contribution in [1.82, 2.24) is 26.2 Å². The number of carbonyl (C=O) groups is 7. The van der Waals surface area contributed by atoms with Crippen molar-refractivity contribution in [3.63, 3.8) is 0 Å². The van der Waals surface area contributed by atoms with Gasteiger partial charge in [-0.1, -0.05) is 56.3 Å². The van der Waals surface area contributed by atoms with E-state index >= 15 is 0 Å². The lowest BCUT2D eigenvalue weighted by Gasteiger charge is -2.30. The number of Topliss-reactive ketones (excluding diaryl/α,β-unsaturated/α-hetero) is 1. The molecule has 1 saturated heterocycles. The molecule has 0 radical (unpaired) electrons. The molecule has 5 N–H and O–H groups in total. The van der Waals surface area contributed by atoms with Crippen molar-refractivity contribution >= 4 is 41.5 Å². The highest BCUT2D eigenvalue weighted by molar-refractivity contribution is 6.38. The lowest BCUT2D eigenvalue weighted by molar-refractivity contribution is -0.143. The van der Waals surface area contributed by atoms with Crippen LogP contribution in [0.15, 0.2) is 42.5 Å². The van der Waals surface area contributed by atoms with Crippen molar-refractivity contribution in [2.75, 3.05) is 19.7 Å². The summed E-state index contributed by atoms with van der Waals surface area (Å²) in [5.74, 6) is -5.06. The largest absolute Gasteiger partial charge is 0.479 e. The number of allylic oxidation sites excluding steroid dienone is 2. The van der Waals surface area contributed by atoms with Gasteiger partial charge in [0.05, 0.1) is 19.2 Å². The Morgan fingerprint density at radius 2 is 1.79 bits per heavy atom. The van der Waals surface area contributed by atoms with Gasteiger partial charge in [-0.25, -0.2) is 9.59 Å². The van der Waals surface area contributed by atoms with Crippen molar-refractivity contribution in [2.24, 2.45) is 11.3 Å². The average Bonchev–Trinajstić information content (AvgIpc) is 3.63. The number of rotatable bonds is 10. The first-order valence-corrected chi connectivity index (χ1v) is 16.5. The molecule has 260 valence electrons. The number of benzene rings is 1. The molecule has 2 fully saturated rings. The molecule has 3 aliphatic rings. The van der Waals surface area contributed by atoms with Gasteiger partial charge in [-0.3, -0.25) is 24.0 Å². The van der Waals surface area contributed by atoms with E-state index in [1.165, 1.54) is 17.0 Å². The summed E-state index contributed by atoms with van der Waals surface area (Å²) < 4.78 is 5.23. The number of ketones is 1. The van der Waals surface area contributed by atoms with Gasteiger partial charge in [-0.05, 0) is 68.3 Å². The topological polar surface area (TPSA) is 200 Å². The van der Waals surface area contributed by atoms with Crippen LogP contribution in [0.25, 0.3) is 0 Å². The Hall–Kier alpha value is -4.75. The number of carboxylic acids is 1. The second-order valence-corrected chi connectivity index (χ2v) is 13.2. The van der Waals surface area contributed by atoms with Crippen molar-refractivity contribution in [1.29, 1.82) is 0 Å². The fourth-order valence-electron chi connectivity index (χ4n) is 6.03. The highest BCUT2D eigenvalue weighted by atomic mass is 16.5. The predicted octanol–water partition coefficient (Wildman–Crippen LogP) is 1.75. The van der Waals surface area contributed by atoms with Crippen LogP contribution in [0.2, 0.25) is 0 Å². The maximum Gasteiger partial charge on any atom is 0.407 e. The second-order valence-electron chi connectivity index (χ2n) is 13.2. The predicted molar refractivity (Wildman–Crippen MR) is 172 cm³/mol. The Balaban J connectivity index is 1.45. The molecular formula is C34H45N5O9. The van der Waals surface area contributed by atoms with Gasteiger partial charge in [0.2, 0.25) is 23.5 Å². The molecule has 0 aromatic heterocycles. The van der Waals surface area contributed by atoms with E-state index in [9.17, 15) is 38.7 Å². The Morgan fingerprint density at radius 1 is 1.06 bits per heavy atom. The monoisotopic (exact) mass is 667 g/mol. The minimum atomic E-state index is -1.36. The molecule has 1 spiro atoms. The molecule has 1 saturated carbocycles. The van der Waals surface area contributed by atoms with Crippen LogP contribution in [0.3, 0.4) is 0 Å². The van der Waals surface area contributed by atoms with Gasteiger partial charge in [0.25, 0.3) is 5.91 Å². The molecule has 4 rings (SSSR count). The summed E-state index contributed by atoms with van der Waals surface area (Å²) >= 11 is 0. The number of carbonyl (C=O) groups excluding carboxylic acids is 6. The zero-order chi connectivity index (χ0) is 34.8. The number of carboxylic acid groups (broad SMARTS) is 1. The minimum Gasteiger partial charge on any atom is -0.479 e. The molecule has 1 unspecified atom stereocenters. The highest BCUT2D eigenvalue weighted by Crippen LogP contribution is 2.53. The van der Waals surface area contributed by atoms with Crippen LogP contribution in [0.1, 0.15) is 76.8 Å². The van der Waals surface area contributed by atoms with E-state index < -0.39 is 72.2 Å². The van der Waals surface area contributed by atoms with Crippen LogP contribution in [0.5, 0.6) is 0 Å². The zero-order valence-corrected chi connectivity index (χ0v) is 27.4. The van der Waals surface area contributed by atoms with E-state index in [4.69, 9.17) is 4.74 Å². The van der Waals surface area contributed by atoms with Crippen molar-refractivity contribution in [3.05, 3.63) is 48.0 Å². The summed E-state index contributed by atoms with van der Waals surface area (Å²) in [4.78, 5) is 92.0. The molecule has 14 heteroatoms. The molecule has 4 atom stereocenters. The molecule has 5 amide bonds. The fraction of sp³-hybridized carbons (Fsp3) is 0.559. The molecule has 0 bridgehead atoms. The van der Waals surface area contributed by atoms with Gasteiger partial charge in [-0.15, -0.1) is 0 Å². The van der Waals surface area contributed by atoms with E-state index in [1.807, 2.05) is 26.0 Å². The van der Waals surface area contributed by atoms with Crippen LogP contribution < -0.4 is 21.3 Å². The lowest BCUT2D eigenvalue weighted by atomic mass is 9.90. The molecule has 1 aromatic rings. The SMILES string of the molecule is CC(C)COC(=O)N[C@H]1CCC=CCC2(CC2)CC(C(=O)C(=O)NCC(=O)N[C@H](C(=O)O)c2ccccc2)NC(=O)[C@@H]2CCCN2C1=O. The number of aliphatic carboxylic acids is 1. The summed E-state index contributed by atoms with van der Waals surface area (Å²) in [6.45, 7) is 3.60. The van der Waals surface area contributed by atoms with Gasteiger partial charge in [-0.2, -0.15) is 0 Å². The van der Waals surface area contributed by atoms with Gasteiger partial charge in [0, 0.05) is 6.54 Å². The standard InChI is InChI=1S/C34H45N5O9/c1-21(2)20-48-33(47)37-23-12-7-4-8-14-34(15-16-34)18-24(36-29(42)25-13-9-17-39(25)31(23)44)28(41)30(43)35-19-26(40)38-27(32(45)46)22-10-5-3-6-11-22/h3-6,8,10-11,21,23-25,27H,7,9,12-20H2,1-2H3,(H,35,43)(H,36,42)(H,37,47)(H,38,40)(H,45,46)/t23-,24?,25-,27-/m0/s1. The van der Waals surface area contributed by atoms with E-state index in [-0.39, 0.29) is 30.9 Å². The summed E-state index contributed by atoms with van der Waals surface area (Å²) in [5, 5.41) is 19.6. The van der Waals surface area contributed by atoms with Gasteiger partial charge >= 0.3 is 12.1 Å². The maximum atomic E-state index is 13.7. The lowest BCUT2D eigenvalue weighted by Crippen LogP contribution is -2.57. The number of nitrogens with one attached hydrogen (secondary N) is 4. The van der Waals surface area contributed by atoms with Crippen LogP contribution in [0, 0.1) is 11.3 Å². The molecule has 1 aliphatic carbocycles. The number of hydrogen-bond acceptors (Lipinski definition) is 8. The van der Waals surface area contributed by atoms with E-state index in [0.717, 1.165) is 12.8 Å². The molecule has 48 heavy (non-hydrogen) atoms. The third kappa shape index (κ3) is 9.88. The Kier molecular flexibility index (Phi) is 12.3. The number of fused-ring (bicyclic) bond motifs is 1. The van der Waals surface area contributed by atoms with Crippen LogP contribution in [-0.4, -0.2) is 89.3 Å². The number of alkyl carbamates (subject to hydrolysis) is 1. The Morgan fingerprint density at radius 3 is 2.46 bits per heavy atom. The Labute approximate surface area is 279 Å². The molecular weight excluding hydrogens is 622 g/mol. The summed E-state index contributed by atoms with van der Waals surface area (Å²) in [5.41, 5.74) is 0.0271. The Bertz CT molecular complexity index is 1410.